The van der Waals surface area contributed by atoms with Gasteiger partial charge in [0.25, 0.3) is 0 Å². The van der Waals surface area contributed by atoms with Crippen molar-refractivity contribution < 1.29 is 9.90 Å². The number of likely N-dealkylation sites (tertiary alicyclic amines) is 1. The number of Topliss-reactive ketones (excluding diaryl/α,β-unsaturated/α-hetero) is 1. The van der Waals surface area contributed by atoms with Gasteiger partial charge in [-0.1, -0.05) is 97.9 Å². The molecule has 0 radical (unpaired) electrons. The number of hydrogen-bond acceptors (Lipinski definition) is 4. The molecule has 1 N–H and O–H groups in total. The minimum Gasteiger partial charge on any atom is -0.389 e. The van der Waals surface area contributed by atoms with Gasteiger partial charge in [0.2, 0.25) is 0 Å². The second-order valence-corrected chi connectivity index (χ2v) is 9.58. The van der Waals surface area contributed by atoms with Crippen molar-refractivity contribution in [3.63, 3.8) is 0 Å². The average molecular weight is 492 g/mol. The van der Waals surface area contributed by atoms with Gasteiger partial charge in [0.05, 0.1) is 23.9 Å². The van der Waals surface area contributed by atoms with Crippen LogP contribution in [0.4, 0.5) is 0 Å². The van der Waals surface area contributed by atoms with Gasteiger partial charge >= 0.3 is 0 Å². The zero-order valence-corrected chi connectivity index (χ0v) is 21.2. The Bertz CT molecular complexity index is 1250. The monoisotopic (exact) mass is 491 g/mol. The van der Waals surface area contributed by atoms with E-state index in [1.807, 2.05) is 25.3 Å². The van der Waals surface area contributed by atoms with E-state index < -0.39 is 11.6 Å². The fourth-order valence-corrected chi connectivity index (χ4v) is 5.41. The van der Waals surface area contributed by atoms with Gasteiger partial charge < -0.3 is 5.11 Å². The number of ketones is 1. The third-order valence-corrected chi connectivity index (χ3v) is 7.25. The van der Waals surface area contributed by atoms with Crippen molar-refractivity contribution in [2.45, 2.75) is 38.0 Å². The lowest BCUT2D eigenvalue weighted by atomic mass is 9.74. The number of hydrogen-bond donors (Lipinski definition) is 1. The maximum atomic E-state index is 11.9. The summed E-state index contributed by atoms with van der Waals surface area (Å²) in [5.41, 5.74) is 4.70. The molecule has 0 spiro atoms. The summed E-state index contributed by atoms with van der Waals surface area (Å²) in [5, 5.41) is 15.6. The lowest BCUT2D eigenvalue weighted by Gasteiger charge is -2.48. The third-order valence-electron chi connectivity index (χ3n) is 7.25. The van der Waals surface area contributed by atoms with Gasteiger partial charge in [-0.15, -0.1) is 0 Å². The fourth-order valence-electron chi connectivity index (χ4n) is 5.41. The number of aliphatic hydroxyl groups is 1. The fraction of sp³-hybridized carbons (Fsp3) is 0.250. The molecule has 4 aromatic rings. The number of aliphatic hydroxyl groups excluding tert-OH is 1. The molecule has 37 heavy (non-hydrogen) atoms. The van der Waals surface area contributed by atoms with Crippen LogP contribution >= 0.6 is 0 Å². The SMILES string of the molecule is CCC(=O)Cn1ccc(C=C2CN(C(c3ccccc3)(c3ccccc3)c3ccccc3)CCC2O)n1. The number of carbonyl (C=O) groups excluding carboxylic acids is 1. The lowest BCUT2D eigenvalue weighted by Crippen LogP contribution is -2.52. The van der Waals surface area contributed by atoms with Gasteiger partial charge in [0.1, 0.15) is 0 Å². The van der Waals surface area contributed by atoms with E-state index in [-0.39, 0.29) is 12.3 Å². The highest BCUT2D eigenvalue weighted by Crippen LogP contribution is 2.44. The molecule has 0 amide bonds. The number of aromatic nitrogens is 2. The molecule has 2 heterocycles. The number of nitrogens with zero attached hydrogens (tertiary/aromatic N) is 3. The lowest BCUT2D eigenvalue weighted by molar-refractivity contribution is -0.119. The number of carbonyl (C=O) groups is 1. The van der Waals surface area contributed by atoms with Crippen LogP contribution in [0.3, 0.4) is 0 Å². The molecule has 5 rings (SSSR count). The Balaban J connectivity index is 1.60. The quantitative estimate of drug-likeness (QED) is 0.340. The molecule has 1 unspecified atom stereocenters. The maximum Gasteiger partial charge on any atom is 0.154 e. The van der Waals surface area contributed by atoms with Crippen LogP contribution in [0, 0.1) is 0 Å². The first-order valence-corrected chi connectivity index (χ1v) is 13.0. The molecular weight excluding hydrogens is 458 g/mol. The predicted molar refractivity (Wildman–Crippen MR) is 147 cm³/mol. The predicted octanol–water partition coefficient (Wildman–Crippen LogP) is 5.30. The van der Waals surface area contributed by atoms with Crippen LogP contribution in [-0.2, 0) is 16.9 Å². The Labute approximate surface area is 218 Å². The summed E-state index contributed by atoms with van der Waals surface area (Å²) in [7, 11) is 0. The molecule has 188 valence electrons. The van der Waals surface area contributed by atoms with Crippen LogP contribution < -0.4 is 0 Å². The van der Waals surface area contributed by atoms with Gasteiger partial charge in [-0.2, -0.15) is 5.10 Å². The Morgan fingerprint density at radius 3 is 1.97 bits per heavy atom. The molecule has 3 aromatic carbocycles. The van der Waals surface area contributed by atoms with E-state index in [1.54, 1.807) is 4.68 Å². The largest absolute Gasteiger partial charge is 0.389 e. The molecule has 1 atom stereocenters. The van der Waals surface area contributed by atoms with Crippen LogP contribution in [0.2, 0.25) is 0 Å². The summed E-state index contributed by atoms with van der Waals surface area (Å²) in [5.74, 6) is 0.143. The summed E-state index contributed by atoms with van der Waals surface area (Å²) in [4.78, 5) is 14.3. The summed E-state index contributed by atoms with van der Waals surface area (Å²) in [6, 6.07) is 33.8. The summed E-state index contributed by atoms with van der Waals surface area (Å²) < 4.78 is 1.67. The summed E-state index contributed by atoms with van der Waals surface area (Å²) >= 11 is 0. The van der Waals surface area contributed by atoms with Crippen molar-refractivity contribution in [3.05, 3.63) is 131 Å². The van der Waals surface area contributed by atoms with E-state index in [1.165, 1.54) is 16.7 Å². The maximum absolute atomic E-state index is 11.9. The molecule has 0 bridgehead atoms. The highest BCUT2D eigenvalue weighted by molar-refractivity contribution is 5.77. The smallest absolute Gasteiger partial charge is 0.154 e. The topological polar surface area (TPSA) is 58.4 Å². The van der Waals surface area contributed by atoms with Gasteiger partial charge in [0, 0.05) is 25.7 Å². The minimum absolute atomic E-state index is 0.143. The normalized spacial score (nSPS) is 17.7. The third kappa shape index (κ3) is 5.06. The van der Waals surface area contributed by atoms with E-state index in [0.717, 1.165) is 17.8 Å². The van der Waals surface area contributed by atoms with E-state index in [9.17, 15) is 9.90 Å². The molecular formula is C32H33N3O2. The number of rotatable bonds is 8. The molecule has 5 heteroatoms. The first kappa shape index (κ1) is 24.9. The Morgan fingerprint density at radius 2 is 1.46 bits per heavy atom. The van der Waals surface area contributed by atoms with E-state index in [4.69, 9.17) is 0 Å². The number of piperidine rings is 1. The zero-order chi connectivity index (χ0) is 25.7. The molecule has 1 aromatic heterocycles. The second-order valence-electron chi connectivity index (χ2n) is 9.58. The van der Waals surface area contributed by atoms with Gasteiger partial charge in [0.15, 0.2) is 5.78 Å². The van der Waals surface area contributed by atoms with E-state index in [2.05, 4.69) is 101 Å². The summed E-state index contributed by atoms with van der Waals surface area (Å²) in [6.45, 7) is 3.45. The van der Waals surface area contributed by atoms with E-state index >= 15 is 0 Å². The van der Waals surface area contributed by atoms with Crippen molar-refractivity contribution in [2.24, 2.45) is 0 Å². The van der Waals surface area contributed by atoms with Gasteiger partial charge in [-0.25, -0.2) is 0 Å². The van der Waals surface area contributed by atoms with E-state index in [0.29, 0.717) is 19.4 Å². The van der Waals surface area contributed by atoms with Gasteiger partial charge in [-0.3, -0.25) is 14.4 Å². The Morgan fingerprint density at radius 1 is 0.919 bits per heavy atom. The minimum atomic E-state index is -0.543. The zero-order valence-electron chi connectivity index (χ0n) is 21.2. The second kappa shape index (κ2) is 11.1. The van der Waals surface area contributed by atoms with Crippen LogP contribution in [0.5, 0.6) is 0 Å². The van der Waals surface area contributed by atoms with Crippen LogP contribution in [0.15, 0.2) is 109 Å². The standard InChI is InChI=1S/C32H33N3O2/c1-2-30(36)24-35-21-18-29(33-35)22-25-23-34(20-19-31(25)37)32(26-12-6-3-7-13-26,27-14-8-4-9-15-27)28-16-10-5-11-17-28/h3-18,21-22,31,37H,2,19-20,23-24H2,1H3. The molecule has 1 saturated heterocycles. The van der Waals surface area contributed by atoms with Crippen molar-refractivity contribution in [3.8, 4) is 0 Å². The molecule has 1 aliphatic heterocycles. The van der Waals surface area contributed by atoms with Crippen molar-refractivity contribution in [2.75, 3.05) is 13.1 Å². The van der Waals surface area contributed by atoms with Crippen LogP contribution in [0.1, 0.15) is 42.1 Å². The highest BCUT2D eigenvalue weighted by Gasteiger charge is 2.44. The Hall–Kier alpha value is -3.80. The summed E-state index contributed by atoms with van der Waals surface area (Å²) in [6.07, 6.45) is 4.38. The molecule has 0 saturated carbocycles. The first-order chi connectivity index (χ1) is 18.1. The van der Waals surface area contributed by atoms with Crippen LogP contribution in [0.25, 0.3) is 6.08 Å². The van der Waals surface area contributed by atoms with Crippen molar-refractivity contribution in [1.29, 1.82) is 0 Å². The highest BCUT2D eigenvalue weighted by atomic mass is 16.3. The molecule has 0 aliphatic carbocycles. The number of benzene rings is 3. The van der Waals surface area contributed by atoms with Crippen molar-refractivity contribution in [1.82, 2.24) is 14.7 Å². The first-order valence-electron chi connectivity index (χ1n) is 13.0. The molecule has 5 nitrogen and oxygen atoms in total. The van der Waals surface area contributed by atoms with Crippen molar-refractivity contribution >= 4 is 11.9 Å². The Kier molecular flexibility index (Phi) is 7.45. The van der Waals surface area contributed by atoms with Crippen LogP contribution in [-0.4, -0.2) is 44.8 Å². The molecule has 1 aliphatic rings. The average Bonchev–Trinajstić information content (AvgIpc) is 3.39. The van der Waals surface area contributed by atoms with Gasteiger partial charge in [-0.05, 0) is 40.8 Å². The molecule has 1 fully saturated rings.